The lowest BCUT2D eigenvalue weighted by Gasteiger charge is -2.48. The Morgan fingerprint density at radius 3 is 2.65 bits per heavy atom. The minimum absolute atomic E-state index is 0.154. The fourth-order valence-electron chi connectivity index (χ4n) is 5.82. The van der Waals surface area contributed by atoms with Crippen LogP contribution in [0, 0.1) is 16.7 Å². The first kappa shape index (κ1) is 15.1. The van der Waals surface area contributed by atoms with Gasteiger partial charge in [0.2, 0.25) is 0 Å². The Morgan fingerprint density at radius 1 is 1.26 bits per heavy atom. The van der Waals surface area contributed by atoms with E-state index in [9.17, 15) is 0 Å². The zero-order valence-corrected chi connectivity index (χ0v) is 14.5. The normalized spacial score (nSPS) is 40.9. The van der Waals surface area contributed by atoms with Gasteiger partial charge in [0.1, 0.15) is 0 Å². The maximum atomic E-state index is 6.51. The zero-order chi connectivity index (χ0) is 16.5. The largest absolute Gasteiger partial charge is 0.397 e. The van der Waals surface area contributed by atoms with Crippen LogP contribution in [0.25, 0.3) is 0 Å². The van der Waals surface area contributed by atoms with Gasteiger partial charge in [-0.3, -0.25) is 0 Å². The lowest BCUT2D eigenvalue weighted by Crippen LogP contribution is -2.55. The molecule has 3 fully saturated rings. The average Bonchev–Trinajstić information content (AvgIpc) is 3.03. The molecular weight excluding hydrogens is 284 g/mol. The maximum Gasteiger partial charge on any atom is 0.0985 e. The Hall–Kier alpha value is -1.48. The Kier molecular flexibility index (Phi) is 2.97. The van der Waals surface area contributed by atoms with Gasteiger partial charge in [-0.2, -0.15) is 0 Å². The summed E-state index contributed by atoms with van der Waals surface area (Å²) in [6.45, 7) is 12.2. The molecule has 2 bridgehead atoms. The molecule has 2 saturated carbocycles. The van der Waals surface area contributed by atoms with E-state index in [0.717, 1.165) is 17.8 Å². The number of nitrogens with one attached hydrogen (secondary N) is 1. The van der Waals surface area contributed by atoms with Crippen molar-refractivity contribution in [1.29, 1.82) is 0 Å². The molecule has 2 aliphatic carbocycles. The molecule has 1 aromatic rings. The minimum Gasteiger partial charge on any atom is -0.397 e. The van der Waals surface area contributed by atoms with Gasteiger partial charge < -0.3 is 15.8 Å². The lowest BCUT2D eigenvalue weighted by molar-refractivity contribution is -0.109. The number of anilines is 2. The molecule has 0 amide bonds. The lowest BCUT2D eigenvalue weighted by atomic mass is 9.63. The van der Waals surface area contributed by atoms with Gasteiger partial charge >= 0.3 is 0 Å². The molecule has 4 atom stereocenters. The van der Waals surface area contributed by atoms with Crippen LogP contribution in [0.4, 0.5) is 11.4 Å². The maximum absolute atomic E-state index is 6.51. The molecule has 124 valence electrons. The topological polar surface area (TPSA) is 47.3 Å². The SMILES string of the molecule is C=C1CO[C@@]2(C1)[C@@H](Nc1ccccc1N)[C@@H]1CC[C@@]2(C)C1(C)C. The first-order valence-corrected chi connectivity index (χ1v) is 8.73. The predicted molar refractivity (Wildman–Crippen MR) is 95.3 cm³/mol. The summed E-state index contributed by atoms with van der Waals surface area (Å²) in [5, 5.41) is 3.78. The van der Waals surface area contributed by atoms with E-state index in [0.29, 0.717) is 18.6 Å². The molecule has 3 nitrogen and oxygen atoms in total. The molecule has 1 saturated heterocycles. The van der Waals surface area contributed by atoms with Gasteiger partial charge in [0.05, 0.1) is 29.6 Å². The smallest absolute Gasteiger partial charge is 0.0985 e. The first-order chi connectivity index (χ1) is 10.8. The van der Waals surface area contributed by atoms with Gasteiger partial charge in [0.15, 0.2) is 0 Å². The fraction of sp³-hybridized carbons (Fsp3) is 0.600. The van der Waals surface area contributed by atoms with E-state index >= 15 is 0 Å². The van der Waals surface area contributed by atoms with Crippen LogP contribution < -0.4 is 11.1 Å². The van der Waals surface area contributed by atoms with Crippen molar-refractivity contribution in [3.63, 3.8) is 0 Å². The Balaban J connectivity index is 1.79. The summed E-state index contributed by atoms with van der Waals surface area (Å²) >= 11 is 0. The van der Waals surface area contributed by atoms with Gasteiger partial charge in [-0.25, -0.2) is 0 Å². The van der Waals surface area contributed by atoms with Crippen molar-refractivity contribution in [1.82, 2.24) is 0 Å². The second-order valence-electron chi connectivity index (χ2n) is 8.51. The molecule has 1 heterocycles. The Bertz CT molecular complexity index is 667. The van der Waals surface area contributed by atoms with E-state index in [2.05, 4.69) is 38.7 Å². The van der Waals surface area contributed by atoms with Crippen molar-refractivity contribution in [2.45, 2.75) is 51.7 Å². The number of benzene rings is 1. The molecule has 23 heavy (non-hydrogen) atoms. The number of nitrogen functional groups attached to an aromatic ring is 1. The number of ether oxygens (including phenoxy) is 1. The Labute approximate surface area is 139 Å². The summed E-state index contributed by atoms with van der Waals surface area (Å²) in [6.07, 6.45) is 3.46. The second-order valence-corrected chi connectivity index (χ2v) is 8.51. The Morgan fingerprint density at radius 2 is 2.00 bits per heavy atom. The first-order valence-electron chi connectivity index (χ1n) is 8.73. The molecule has 4 rings (SSSR count). The molecule has 0 radical (unpaired) electrons. The number of fused-ring (bicyclic) bond motifs is 3. The highest BCUT2D eigenvalue weighted by atomic mass is 16.5. The van der Waals surface area contributed by atoms with Crippen LogP contribution in [0.5, 0.6) is 0 Å². The highest BCUT2D eigenvalue weighted by Crippen LogP contribution is 2.73. The summed E-state index contributed by atoms with van der Waals surface area (Å²) in [5.41, 5.74) is 9.52. The quantitative estimate of drug-likeness (QED) is 0.635. The van der Waals surface area contributed by atoms with Crippen LogP contribution in [0.15, 0.2) is 36.4 Å². The van der Waals surface area contributed by atoms with Crippen molar-refractivity contribution in [3.8, 4) is 0 Å². The van der Waals surface area contributed by atoms with Gasteiger partial charge in [-0.1, -0.05) is 39.5 Å². The van der Waals surface area contributed by atoms with Gasteiger partial charge in [0, 0.05) is 11.8 Å². The molecule has 0 aromatic heterocycles. The third-order valence-electron chi connectivity index (χ3n) is 7.46. The van der Waals surface area contributed by atoms with Gasteiger partial charge in [0.25, 0.3) is 0 Å². The van der Waals surface area contributed by atoms with Crippen molar-refractivity contribution >= 4 is 11.4 Å². The van der Waals surface area contributed by atoms with E-state index in [1.165, 1.54) is 18.4 Å². The van der Waals surface area contributed by atoms with E-state index < -0.39 is 0 Å². The monoisotopic (exact) mass is 312 g/mol. The van der Waals surface area contributed by atoms with E-state index in [1.807, 2.05) is 18.2 Å². The van der Waals surface area contributed by atoms with Crippen molar-refractivity contribution in [3.05, 3.63) is 36.4 Å². The van der Waals surface area contributed by atoms with Crippen molar-refractivity contribution < 1.29 is 4.74 Å². The molecule has 1 aromatic carbocycles. The third-order valence-corrected chi connectivity index (χ3v) is 7.46. The number of para-hydroxylation sites is 2. The number of hydrogen-bond donors (Lipinski definition) is 2. The van der Waals surface area contributed by atoms with E-state index in [-0.39, 0.29) is 16.4 Å². The molecule has 0 unspecified atom stereocenters. The zero-order valence-electron chi connectivity index (χ0n) is 14.5. The van der Waals surface area contributed by atoms with Crippen LogP contribution in [0.3, 0.4) is 0 Å². The van der Waals surface area contributed by atoms with E-state index in [1.54, 1.807) is 0 Å². The summed E-state index contributed by atoms with van der Waals surface area (Å²) in [6, 6.07) is 8.36. The standard InChI is InChI=1S/C20H28N2O/c1-13-11-20(23-12-13)17(22-16-8-6-5-7-15(16)21)14-9-10-19(20,4)18(14,2)3/h5-8,14,17,22H,1,9-12,21H2,2-4H3/t14-,17-,19-,20-/m0/s1. The van der Waals surface area contributed by atoms with Crippen LogP contribution in [-0.4, -0.2) is 18.2 Å². The number of hydrogen-bond acceptors (Lipinski definition) is 3. The molecular formula is C20H28N2O. The van der Waals surface area contributed by atoms with Crippen LogP contribution in [0.2, 0.25) is 0 Å². The third kappa shape index (κ3) is 1.69. The molecule has 3 aliphatic rings. The van der Waals surface area contributed by atoms with Crippen molar-refractivity contribution in [2.75, 3.05) is 17.7 Å². The van der Waals surface area contributed by atoms with Crippen molar-refractivity contribution in [2.24, 2.45) is 16.7 Å². The minimum atomic E-state index is -0.154. The van der Waals surface area contributed by atoms with Crippen LogP contribution in [-0.2, 0) is 4.74 Å². The summed E-state index contributed by atoms with van der Waals surface area (Å²) in [7, 11) is 0. The fourth-order valence-corrected chi connectivity index (χ4v) is 5.82. The number of rotatable bonds is 2. The van der Waals surface area contributed by atoms with Gasteiger partial charge in [-0.05, 0) is 41.9 Å². The highest BCUT2D eigenvalue weighted by molar-refractivity contribution is 5.66. The van der Waals surface area contributed by atoms with Crippen LogP contribution in [0.1, 0.15) is 40.0 Å². The highest BCUT2D eigenvalue weighted by Gasteiger charge is 2.75. The van der Waals surface area contributed by atoms with E-state index in [4.69, 9.17) is 10.5 Å². The average molecular weight is 312 g/mol. The molecule has 3 heteroatoms. The summed E-state index contributed by atoms with van der Waals surface area (Å²) in [5.74, 6) is 0.595. The molecule has 1 spiro atoms. The summed E-state index contributed by atoms with van der Waals surface area (Å²) < 4.78 is 6.51. The number of nitrogens with two attached hydrogens (primary N) is 1. The second kappa shape index (κ2) is 4.54. The van der Waals surface area contributed by atoms with Gasteiger partial charge in [-0.15, -0.1) is 0 Å². The van der Waals surface area contributed by atoms with Crippen LogP contribution >= 0.6 is 0 Å². The molecule has 3 N–H and O–H groups in total. The summed E-state index contributed by atoms with van der Waals surface area (Å²) in [4.78, 5) is 0. The molecule has 1 aliphatic heterocycles. The predicted octanol–water partition coefficient (Wildman–Crippen LogP) is 4.22.